The number of aryl methyl sites for hydroxylation is 2. The molecule has 0 nitrogen and oxygen atoms in total. The second-order valence-corrected chi connectivity index (χ2v) is 3.89. The Kier molecular flexibility index (Phi) is 3.13. The van der Waals surface area contributed by atoms with E-state index < -0.39 is 0 Å². The van der Waals surface area contributed by atoms with Crippen LogP contribution in [0.1, 0.15) is 36.3 Å². The summed E-state index contributed by atoms with van der Waals surface area (Å²) in [4.78, 5) is 1.59. The van der Waals surface area contributed by atoms with Crippen LogP contribution in [0.4, 0.5) is 0 Å². The van der Waals surface area contributed by atoms with E-state index in [1.807, 2.05) is 11.3 Å². The first-order valence-corrected chi connectivity index (χ1v) is 5.23. The SMILES string of the molecule is CCCc1c(C)csc1CC. The third kappa shape index (κ3) is 1.84. The molecule has 0 atom stereocenters. The van der Waals surface area contributed by atoms with E-state index in [0.29, 0.717) is 0 Å². The summed E-state index contributed by atoms with van der Waals surface area (Å²) < 4.78 is 0. The van der Waals surface area contributed by atoms with Crippen LogP contribution in [0.15, 0.2) is 5.38 Å². The van der Waals surface area contributed by atoms with Gasteiger partial charge in [-0.3, -0.25) is 0 Å². The normalized spacial score (nSPS) is 10.5. The quantitative estimate of drug-likeness (QED) is 0.647. The van der Waals surface area contributed by atoms with Crippen LogP contribution in [-0.2, 0) is 12.8 Å². The molecule has 0 fully saturated rings. The third-order valence-corrected chi connectivity index (χ3v) is 3.30. The van der Waals surface area contributed by atoms with Crippen LogP contribution in [0.2, 0.25) is 0 Å². The van der Waals surface area contributed by atoms with E-state index in [0.717, 1.165) is 0 Å². The van der Waals surface area contributed by atoms with Crippen molar-refractivity contribution in [3.63, 3.8) is 0 Å². The van der Waals surface area contributed by atoms with E-state index >= 15 is 0 Å². The number of rotatable bonds is 3. The van der Waals surface area contributed by atoms with Crippen LogP contribution in [-0.4, -0.2) is 0 Å². The molecule has 0 saturated carbocycles. The van der Waals surface area contributed by atoms with Crippen LogP contribution < -0.4 is 0 Å². The van der Waals surface area contributed by atoms with Gasteiger partial charge in [-0.05, 0) is 36.3 Å². The molecule has 0 amide bonds. The standard InChI is InChI=1S/C10H16S/c1-4-6-9-8(3)7-11-10(9)5-2/h7H,4-6H2,1-3H3. The highest BCUT2D eigenvalue weighted by Crippen LogP contribution is 2.23. The number of hydrogen-bond acceptors (Lipinski definition) is 1. The summed E-state index contributed by atoms with van der Waals surface area (Å²) in [5.41, 5.74) is 3.11. The average molecular weight is 168 g/mol. The molecule has 0 saturated heterocycles. The minimum atomic E-state index is 1.20. The summed E-state index contributed by atoms with van der Waals surface area (Å²) in [6.07, 6.45) is 3.73. The predicted octanol–water partition coefficient (Wildman–Crippen LogP) is 3.57. The fraction of sp³-hybridized carbons (Fsp3) is 0.600. The van der Waals surface area contributed by atoms with Gasteiger partial charge in [0.05, 0.1) is 0 Å². The van der Waals surface area contributed by atoms with Crippen molar-refractivity contribution in [2.45, 2.75) is 40.0 Å². The zero-order valence-corrected chi connectivity index (χ0v) is 8.42. The highest BCUT2D eigenvalue weighted by atomic mass is 32.1. The van der Waals surface area contributed by atoms with Gasteiger partial charge in [0.15, 0.2) is 0 Å². The Bertz CT molecular complexity index is 223. The molecule has 1 aromatic heterocycles. The monoisotopic (exact) mass is 168 g/mol. The van der Waals surface area contributed by atoms with Crippen molar-refractivity contribution >= 4 is 11.3 Å². The maximum absolute atomic E-state index is 2.28. The lowest BCUT2D eigenvalue weighted by atomic mass is 10.1. The molecule has 1 heteroatoms. The van der Waals surface area contributed by atoms with Crippen molar-refractivity contribution in [2.75, 3.05) is 0 Å². The Morgan fingerprint density at radius 1 is 1.36 bits per heavy atom. The van der Waals surface area contributed by atoms with E-state index in [1.165, 1.54) is 24.8 Å². The van der Waals surface area contributed by atoms with Gasteiger partial charge in [0.25, 0.3) is 0 Å². The minimum absolute atomic E-state index is 1.20. The van der Waals surface area contributed by atoms with Crippen LogP contribution in [0.3, 0.4) is 0 Å². The first-order valence-electron chi connectivity index (χ1n) is 4.35. The van der Waals surface area contributed by atoms with Crippen LogP contribution in [0.5, 0.6) is 0 Å². The molecule has 1 heterocycles. The summed E-state index contributed by atoms with van der Waals surface area (Å²) in [5, 5.41) is 2.28. The second kappa shape index (κ2) is 3.91. The molecule has 0 aliphatic heterocycles. The van der Waals surface area contributed by atoms with Crippen LogP contribution in [0.25, 0.3) is 0 Å². The summed E-state index contributed by atoms with van der Waals surface area (Å²) in [6.45, 7) is 6.71. The maximum atomic E-state index is 2.28. The van der Waals surface area contributed by atoms with Crippen molar-refractivity contribution in [1.29, 1.82) is 0 Å². The molecule has 1 rings (SSSR count). The van der Waals surface area contributed by atoms with Crippen molar-refractivity contribution < 1.29 is 0 Å². The lowest BCUT2D eigenvalue weighted by Gasteiger charge is -2.00. The molecule has 0 bridgehead atoms. The summed E-state index contributed by atoms with van der Waals surface area (Å²) in [7, 11) is 0. The predicted molar refractivity (Wildman–Crippen MR) is 52.4 cm³/mol. The van der Waals surface area contributed by atoms with Gasteiger partial charge in [-0.25, -0.2) is 0 Å². The Balaban J connectivity index is 2.88. The molecule has 0 spiro atoms. The zero-order valence-electron chi connectivity index (χ0n) is 7.61. The first-order chi connectivity index (χ1) is 5.29. The fourth-order valence-electron chi connectivity index (χ4n) is 1.40. The molecule has 0 unspecified atom stereocenters. The lowest BCUT2D eigenvalue weighted by Crippen LogP contribution is -1.87. The highest BCUT2D eigenvalue weighted by Gasteiger charge is 2.04. The van der Waals surface area contributed by atoms with Gasteiger partial charge in [-0.15, -0.1) is 11.3 Å². The molecule has 0 aliphatic rings. The minimum Gasteiger partial charge on any atom is -0.148 e. The van der Waals surface area contributed by atoms with Crippen molar-refractivity contribution in [3.8, 4) is 0 Å². The molecular formula is C10H16S. The molecule has 0 aromatic carbocycles. The largest absolute Gasteiger partial charge is 0.148 e. The van der Waals surface area contributed by atoms with E-state index in [1.54, 1.807) is 10.4 Å². The maximum Gasteiger partial charge on any atom is 0.00772 e. The zero-order chi connectivity index (χ0) is 8.27. The topological polar surface area (TPSA) is 0 Å². The summed E-state index contributed by atoms with van der Waals surface area (Å²) in [5.74, 6) is 0. The molecule has 0 aliphatic carbocycles. The van der Waals surface area contributed by atoms with E-state index in [2.05, 4.69) is 26.2 Å². The number of thiophene rings is 1. The molecule has 0 radical (unpaired) electrons. The summed E-state index contributed by atoms with van der Waals surface area (Å²) >= 11 is 1.92. The van der Waals surface area contributed by atoms with E-state index in [4.69, 9.17) is 0 Å². The van der Waals surface area contributed by atoms with Crippen LogP contribution >= 0.6 is 11.3 Å². The molecule has 0 N–H and O–H groups in total. The van der Waals surface area contributed by atoms with Gasteiger partial charge in [0, 0.05) is 4.88 Å². The van der Waals surface area contributed by atoms with E-state index in [-0.39, 0.29) is 0 Å². The molecular weight excluding hydrogens is 152 g/mol. The first kappa shape index (κ1) is 8.79. The molecule has 62 valence electrons. The van der Waals surface area contributed by atoms with Gasteiger partial charge >= 0.3 is 0 Å². The second-order valence-electron chi connectivity index (χ2n) is 2.92. The Morgan fingerprint density at radius 2 is 2.09 bits per heavy atom. The smallest absolute Gasteiger partial charge is 0.00772 e. The Labute approximate surface area is 73.3 Å². The Hall–Kier alpha value is -0.300. The van der Waals surface area contributed by atoms with Crippen LogP contribution in [0, 0.1) is 6.92 Å². The van der Waals surface area contributed by atoms with Gasteiger partial charge < -0.3 is 0 Å². The number of hydrogen-bond donors (Lipinski definition) is 0. The summed E-state index contributed by atoms with van der Waals surface area (Å²) in [6, 6.07) is 0. The van der Waals surface area contributed by atoms with Gasteiger partial charge in [0.2, 0.25) is 0 Å². The van der Waals surface area contributed by atoms with Gasteiger partial charge in [-0.1, -0.05) is 20.3 Å². The van der Waals surface area contributed by atoms with E-state index in [9.17, 15) is 0 Å². The van der Waals surface area contributed by atoms with Gasteiger partial charge in [-0.2, -0.15) is 0 Å². The molecule has 11 heavy (non-hydrogen) atoms. The average Bonchev–Trinajstić information content (AvgIpc) is 2.34. The highest BCUT2D eigenvalue weighted by molar-refractivity contribution is 7.10. The van der Waals surface area contributed by atoms with Crippen molar-refractivity contribution in [1.82, 2.24) is 0 Å². The lowest BCUT2D eigenvalue weighted by molar-refractivity contribution is 0.902. The van der Waals surface area contributed by atoms with Crippen molar-refractivity contribution in [3.05, 3.63) is 21.4 Å². The van der Waals surface area contributed by atoms with Gasteiger partial charge in [0.1, 0.15) is 0 Å². The Morgan fingerprint density at radius 3 is 2.64 bits per heavy atom. The fourth-order valence-corrected chi connectivity index (χ4v) is 2.44. The third-order valence-electron chi connectivity index (χ3n) is 2.01. The molecule has 1 aromatic rings. The van der Waals surface area contributed by atoms with Crippen molar-refractivity contribution in [2.24, 2.45) is 0 Å².